The molecule has 4 rings (SSSR count). The first-order chi connectivity index (χ1) is 16.4. The fourth-order valence-electron chi connectivity index (χ4n) is 3.43. The van der Waals surface area contributed by atoms with Crippen molar-refractivity contribution in [2.75, 3.05) is 0 Å². The molecule has 4 aromatic rings. The van der Waals surface area contributed by atoms with Crippen molar-refractivity contribution in [3.8, 4) is 17.2 Å². The first-order valence-corrected chi connectivity index (χ1v) is 11.1. The average molecular weight is 503 g/mol. The smallest absolute Gasteiger partial charge is 0.453 e. The number of halogens is 4. The standard InChI is InChI=1S/C27H22ClF3O4/c1-26(2,3)17-10-8-16(9-11-17)15-33-18-12-13-19-22(14-18)35-25(27(29,30)31)24(23(19)32)34-21-7-5-4-6-20(21)28/h4-14H,15H2,1-3H3. The SMILES string of the molecule is CC(C)(C)c1ccc(COc2ccc3c(=O)c(Oc4ccccc4Cl)c(C(F)(F)F)oc3c2)cc1. The maximum atomic E-state index is 13.8. The Kier molecular flexibility index (Phi) is 6.56. The molecule has 0 bridgehead atoms. The normalized spacial score (nSPS) is 12.1. The van der Waals surface area contributed by atoms with Gasteiger partial charge in [0.05, 0.1) is 10.4 Å². The molecule has 4 nitrogen and oxygen atoms in total. The lowest BCUT2D eigenvalue weighted by Gasteiger charge is -2.19. The highest BCUT2D eigenvalue weighted by molar-refractivity contribution is 6.32. The van der Waals surface area contributed by atoms with Crippen molar-refractivity contribution in [3.05, 3.63) is 98.9 Å². The van der Waals surface area contributed by atoms with E-state index in [4.69, 9.17) is 25.5 Å². The number of benzene rings is 3. The summed E-state index contributed by atoms with van der Waals surface area (Å²) in [4.78, 5) is 12.9. The number of rotatable bonds is 5. The molecule has 1 heterocycles. The van der Waals surface area contributed by atoms with Gasteiger partial charge in [-0.15, -0.1) is 0 Å². The van der Waals surface area contributed by atoms with Crippen molar-refractivity contribution in [2.24, 2.45) is 0 Å². The third kappa shape index (κ3) is 5.46. The fraction of sp³-hybridized carbons (Fsp3) is 0.222. The molecular formula is C27H22ClF3O4. The van der Waals surface area contributed by atoms with Crippen molar-refractivity contribution in [3.63, 3.8) is 0 Å². The van der Waals surface area contributed by atoms with E-state index in [0.717, 1.165) is 5.56 Å². The summed E-state index contributed by atoms with van der Waals surface area (Å²) in [5, 5.41) is -0.0265. The summed E-state index contributed by atoms with van der Waals surface area (Å²) in [5.74, 6) is -2.37. The third-order valence-corrected chi connectivity index (χ3v) is 5.67. The Balaban J connectivity index is 1.66. The predicted molar refractivity (Wildman–Crippen MR) is 128 cm³/mol. The van der Waals surface area contributed by atoms with E-state index in [2.05, 4.69) is 20.8 Å². The summed E-state index contributed by atoms with van der Waals surface area (Å²) < 4.78 is 57.5. The van der Waals surface area contributed by atoms with Crippen LogP contribution in [0.5, 0.6) is 17.2 Å². The van der Waals surface area contributed by atoms with E-state index in [-0.39, 0.29) is 39.5 Å². The molecular weight excluding hydrogens is 481 g/mol. The molecule has 3 aromatic carbocycles. The van der Waals surface area contributed by atoms with E-state index in [1.54, 1.807) is 6.07 Å². The second kappa shape index (κ2) is 9.30. The Morgan fingerprint density at radius 2 is 1.63 bits per heavy atom. The largest absolute Gasteiger partial charge is 0.489 e. The highest BCUT2D eigenvalue weighted by Crippen LogP contribution is 2.39. The van der Waals surface area contributed by atoms with Crippen molar-refractivity contribution in [1.82, 2.24) is 0 Å². The Labute approximate surface area is 204 Å². The van der Waals surface area contributed by atoms with Gasteiger partial charge in [-0.1, -0.05) is 68.8 Å². The molecule has 0 fully saturated rings. The first kappa shape index (κ1) is 24.7. The quantitative estimate of drug-likeness (QED) is 0.276. The van der Waals surface area contributed by atoms with Crippen LogP contribution in [0.2, 0.25) is 5.02 Å². The van der Waals surface area contributed by atoms with E-state index in [9.17, 15) is 18.0 Å². The number of ether oxygens (including phenoxy) is 2. The van der Waals surface area contributed by atoms with E-state index < -0.39 is 23.1 Å². The van der Waals surface area contributed by atoms with Crippen LogP contribution in [0.1, 0.15) is 37.7 Å². The molecule has 0 saturated heterocycles. The Hall–Kier alpha value is -3.45. The van der Waals surface area contributed by atoms with Gasteiger partial charge in [-0.25, -0.2) is 0 Å². The van der Waals surface area contributed by atoms with Gasteiger partial charge in [-0.3, -0.25) is 4.79 Å². The number of hydrogen-bond donors (Lipinski definition) is 0. The topological polar surface area (TPSA) is 48.7 Å². The second-order valence-corrected chi connectivity index (χ2v) is 9.42. The van der Waals surface area contributed by atoms with Crippen molar-refractivity contribution in [1.29, 1.82) is 0 Å². The van der Waals surface area contributed by atoms with E-state index >= 15 is 0 Å². The van der Waals surface area contributed by atoms with E-state index in [0.29, 0.717) is 0 Å². The maximum absolute atomic E-state index is 13.8. The van der Waals surface area contributed by atoms with Crippen LogP contribution < -0.4 is 14.9 Å². The molecule has 0 radical (unpaired) electrons. The minimum atomic E-state index is -4.98. The van der Waals surface area contributed by atoms with Gasteiger partial charge in [0, 0.05) is 6.07 Å². The predicted octanol–water partition coefficient (Wildman–Crippen LogP) is 8.13. The van der Waals surface area contributed by atoms with E-state index in [1.807, 2.05) is 24.3 Å². The highest BCUT2D eigenvalue weighted by atomic mass is 35.5. The molecule has 182 valence electrons. The molecule has 0 aliphatic carbocycles. The van der Waals surface area contributed by atoms with Gasteiger partial charge in [0.1, 0.15) is 23.7 Å². The molecule has 0 unspecified atom stereocenters. The lowest BCUT2D eigenvalue weighted by atomic mass is 9.87. The zero-order chi connectivity index (χ0) is 25.4. The summed E-state index contributed by atoms with van der Waals surface area (Å²) >= 11 is 5.99. The minimum absolute atomic E-state index is 0.0138. The lowest BCUT2D eigenvalue weighted by Crippen LogP contribution is -2.15. The summed E-state index contributed by atoms with van der Waals surface area (Å²) in [6.45, 7) is 6.53. The molecule has 0 spiro atoms. The van der Waals surface area contributed by atoms with Crippen LogP contribution in [-0.2, 0) is 18.2 Å². The fourth-order valence-corrected chi connectivity index (χ4v) is 3.60. The first-order valence-electron chi connectivity index (χ1n) is 10.8. The monoisotopic (exact) mass is 502 g/mol. The van der Waals surface area contributed by atoms with Gasteiger partial charge < -0.3 is 13.9 Å². The van der Waals surface area contributed by atoms with Gasteiger partial charge in [-0.05, 0) is 40.8 Å². The van der Waals surface area contributed by atoms with Crippen LogP contribution in [0.25, 0.3) is 11.0 Å². The van der Waals surface area contributed by atoms with Crippen LogP contribution in [0.15, 0.2) is 75.9 Å². The number of fused-ring (bicyclic) bond motifs is 1. The zero-order valence-corrected chi connectivity index (χ0v) is 20.0. The highest BCUT2D eigenvalue weighted by Gasteiger charge is 2.40. The van der Waals surface area contributed by atoms with Gasteiger partial charge >= 0.3 is 6.18 Å². The summed E-state index contributed by atoms with van der Waals surface area (Å²) in [5.41, 5.74) is 0.833. The second-order valence-electron chi connectivity index (χ2n) is 9.01. The zero-order valence-electron chi connectivity index (χ0n) is 19.2. The van der Waals surface area contributed by atoms with Crippen LogP contribution >= 0.6 is 11.6 Å². The van der Waals surface area contributed by atoms with Crippen LogP contribution in [-0.4, -0.2) is 0 Å². The van der Waals surface area contributed by atoms with Gasteiger partial charge in [0.25, 0.3) is 5.76 Å². The van der Waals surface area contributed by atoms with Gasteiger partial charge in [0.2, 0.25) is 11.2 Å². The van der Waals surface area contributed by atoms with Crippen molar-refractivity contribution >= 4 is 22.6 Å². The van der Waals surface area contributed by atoms with Gasteiger partial charge in [-0.2, -0.15) is 13.2 Å². The van der Waals surface area contributed by atoms with Gasteiger partial charge in [0.15, 0.2) is 0 Å². The van der Waals surface area contributed by atoms with Crippen molar-refractivity contribution in [2.45, 2.75) is 39.0 Å². The van der Waals surface area contributed by atoms with Crippen LogP contribution in [0.3, 0.4) is 0 Å². The number of hydrogen-bond acceptors (Lipinski definition) is 4. The molecule has 1 aromatic heterocycles. The minimum Gasteiger partial charge on any atom is -0.489 e. The summed E-state index contributed by atoms with van der Waals surface area (Å²) in [6, 6.07) is 17.9. The van der Waals surface area contributed by atoms with Crippen molar-refractivity contribution < 1.29 is 27.1 Å². The van der Waals surface area contributed by atoms with Crippen LogP contribution in [0, 0.1) is 0 Å². The Morgan fingerprint density at radius 1 is 0.943 bits per heavy atom. The molecule has 0 aliphatic heterocycles. The molecule has 8 heteroatoms. The Bertz CT molecular complexity index is 1420. The molecule has 0 atom stereocenters. The molecule has 0 amide bonds. The molecule has 0 saturated carbocycles. The maximum Gasteiger partial charge on any atom is 0.453 e. The lowest BCUT2D eigenvalue weighted by molar-refractivity contribution is -0.154. The average Bonchev–Trinajstić information content (AvgIpc) is 2.79. The van der Waals surface area contributed by atoms with Crippen LogP contribution in [0.4, 0.5) is 13.2 Å². The Morgan fingerprint density at radius 3 is 2.26 bits per heavy atom. The summed E-state index contributed by atoms with van der Waals surface area (Å²) in [6.07, 6.45) is -4.98. The summed E-state index contributed by atoms with van der Waals surface area (Å²) in [7, 11) is 0. The number of para-hydroxylation sites is 1. The third-order valence-electron chi connectivity index (χ3n) is 5.35. The molecule has 35 heavy (non-hydrogen) atoms. The molecule has 0 N–H and O–H groups in total. The molecule has 0 aliphatic rings. The number of alkyl halides is 3. The van der Waals surface area contributed by atoms with E-state index in [1.165, 1.54) is 42.0 Å².